The first kappa shape index (κ1) is 22.7. The number of hydrogen-bond donors (Lipinski definition) is 1. The fraction of sp³-hybridized carbons (Fsp3) is 0.458. The van der Waals surface area contributed by atoms with Crippen molar-refractivity contribution in [2.24, 2.45) is 5.92 Å². The molecule has 1 fully saturated rings. The molecule has 1 saturated heterocycles. The number of aromatic nitrogens is 3. The van der Waals surface area contributed by atoms with E-state index in [2.05, 4.69) is 15.0 Å². The molecule has 3 aromatic rings. The van der Waals surface area contributed by atoms with Gasteiger partial charge in [0.15, 0.2) is 17.8 Å². The molecule has 1 atom stereocenters. The Hall–Kier alpha value is -3.08. The molecule has 9 nitrogen and oxygen atoms in total. The number of hydrogen-bond acceptors (Lipinski definition) is 9. The third kappa shape index (κ3) is 4.89. The van der Waals surface area contributed by atoms with E-state index in [9.17, 15) is 9.50 Å². The summed E-state index contributed by atoms with van der Waals surface area (Å²) in [5, 5.41) is 10.8. The van der Waals surface area contributed by atoms with E-state index in [1.165, 1.54) is 7.11 Å². The number of aliphatic hydroxyl groups excluding tert-OH is 1. The summed E-state index contributed by atoms with van der Waals surface area (Å²) >= 11 is 0. The maximum atomic E-state index is 14.6. The lowest BCUT2D eigenvalue weighted by atomic mass is 10.0. The summed E-state index contributed by atoms with van der Waals surface area (Å²) in [5.74, 6) is 1.26. The molecular weight excluding hydrogens is 445 g/mol. The van der Waals surface area contributed by atoms with Crippen molar-refractivity contribution in [3.05, 3.63) is 47.7 Å². The van der Waals surface area contributed by atoms with Gasteiger partial charge in [-0.3, -0.25) is 9.97 Å². The zero-order valence-corrected chi connectivity index (χ0v) is 18.8. The van der Waals surface area contributed by atoms with Gasteiger partial charge >= 0.3 is 0 Å². The standard InChI is InChI=1S/C24H26FN3O6/c1-30-21-5-4-17-24(28-21)23(16(25)10-27-17)18(29)9-22-33-12-14(13-34-22)2-3-15-8-19-20(11-26-15)32-7-6-31-19/h4-5,8,10-11,14,18,22,29H,2-3,6-7,9,12-13H2,1H3. The van der Waals surface area contributed by atoms with Gasteiger partial charge in [0.05, 0.1) is 44.3 Å². The molecule has 0 radical (unpaired) electrons. The molecule has 2 aliphatic heterocycles. The predicted molar refractivity (Wildman–Crippen MR) is 118 cm³/mol. The van der Waals surface area contributed by atoms with Crippen LogP contribution < -0.4 is 14.2 Å². The smallest absolute Gasteiger partial charge is 0.213 e. The average molecular weight is 471 g/mol. The molecule has 10 heteroatoms. The number of aliphatic hydroxyl groups is 1. The van der Waals surface area contributed by atoms with E-state index in [4.69, 9.17) is 23.7 Å². The molecule has 0 amide bonds. The number of aryl methyl sites for hydroxylation is 1. The summed E-state index contributed by atoms with van der Waals surface area (Å²) in [6.45, 7) is 2.04. The van der Waals surface area contributed by atoms with Gasteiger partial charge in [-0.2, -0.15) is 0 Å². The first-order chi connectivity index (χ1) is 16.6. The summed E-state index contributed by atoms with van der Waals surface area (Å²) in [6.07, 6.45) is 2.62. The van der Waals surface area contributed by atoms with Crippen molar-refractivity contribution >= 4 is 11.0 Å². The molecule has 180 valence electrons. The Morgan fingerprint density at radius 2 is 1.91 bits per heavy atom. The highest BCUT2D eigenvalue weighted by Gasteiger charge is 2.28. The highest BCUT2D eigenvalue weighted by Crippen LogP contribution is 2.32. The van der Waals surface area contributed by atoms with Crippen LogP contribution in [0.3, 0.4) is 0 Å². The minimum absolute atomic E-state index is 0.0582. The zero-order valence-electron chi connectivity index (χ0n) is 18.8. The topological polar surface area (TPSA) is 105 Å². The zero-order chi connectivity index (χ0) is 23.5. The highest BCUT2D eigenvalue weighted by atomic mass is 19.1. The van der Waals surface area contributed by atoms with E-state index in [-0.39, 0.29) is 23.4 Å². The lowest BCUT2D eigenvalue weighted by Crippen LogP contribution is -2.33. The second-order valence-corrected chi connectivity index (χ2v) is 8.31. The molecule has 0 spiro atoms. The van der Waals surface area contributed by atoms with Crippen LogP contribution in [0, 0.1) is 11.7 Å². The van der Waals surface area contributed by atoms with E-state index < -0.39 is 18.2 Å². The van der Waals surface area contributed by atoms with Gasteiger partial charge in [0.1, 0.15) is 24.5 Å². The molecule has 3 aromatic heterocycles. The van der Waals surface area contributed by atoms with Crippen LogP contribution in [0.15, 0.2) is 30.6 Å². The van der Waals surface area contributed by atoms with Crippen LogP contribution in [-0.2, 0) is 15.9 Å². The van der Waals surface area contributed by atoms with Crippen molar-refractivity contribution in [2.75, 3.05) is 33.5 Å². The summed E-state index contributed by atoms with van der Waals surface area (Å²) in [6, 6.07) is 5.22. The van der Waals surface area contributed by atoms with E-state index in [0.29, 0.717) is 43.6 Å². The van der Waals surface area contributed by atoms with Crippen molar-refractivity contribution in [3.63, 3.8) is 0 Å². The quantitative estimate of drug-likeness (QED) is 0.557. The summed E-state index contributed by atoms with van der Waals surface area (Å²) in [5.41, 5.74) is 1.70. The maximum Gasteiger partial charge on any atom is 0.213 e. The largest absolute Gasteiger partial charge is 0.486 e. The fourth-order valence-electron chi connectivity index (χ4n) is 4.14. The number of rotatable bonds is 7. The first-order valence-electron chi connectivity index (χ1n) is 11.3. The molecular formula is C24H26FN3O6. The number of halogens is 1. The Morgan fingerprint density at radius 3 is 2.71 bits per heavy atom. The average Bonchev–Trinajstić information content (AvgIpc) is 2.87. The van der Waals surface area contributed by atoms with Gasteiger partial charge in [-0.05, 0) is 18.9 Å². The fourth-order valence-corrected chi connectivity index (χ4v) is 4.14. The van der Waals surface area contributed by atoms with Crippen LogP contribution in [-0.4, -0.2) is 59.9 Å². The number of nitrogens with zero attached hydrogens (tertiary/aromatic N) is 3. The lowest BCUT2D eigenvalue weighted by Gasteiger charge is -2.30. The molecule has 0 aromatic carbocycles. The predicted octanol–water partition coefficient (Wildman–Crippen LogP) is 2.99. The van der Waals surface area contributed by atoms with Crippen molar-refractivity contribution in [3.8, 4) is 17.4 Å². The van der Waals surface area contributed by atoms with Crippen LogP contribution in [0.25, 0.3) is 11.0 Å². The van der Waals surface area contributed by atoms with Gasteiger partial charge < -0.3 is 28.8 Å². The van der Waals surface area contributed by atoms with Gasteiger partial charge in [-0.25, -0.2) is 9.37 Å². The molecule has 1 N–H and O–H groups in total. The van der Waals surface area contributed by atoms with E-state index >= 15 is 0 Å². The maximum absolute atomic E-state index is 14.6. The Labute approximate surface area is 195 Å². The second kappa shape index (κ2) is 10.0. The molecule has 34 heavy (non-hydrogen) atoms. The third-order valence-corrected chi connectivity index (χ3v) is 5.97. The summed E-state index contributed by atoms with van der Waals surface area (Å²) < 4.78 is 42.5. The minimum atomic E-state index is -1.17. The molecule has 1 unspecified atom stereocenters. The SMILES string of the molecule is COc1ccc2ncc(F)c(C(O)CC3OCC(CCc4cc5c(cn4)OCCO5)CO3)c2n1. The number of ether oxygens (including phenoxy) is 5. The minimum Gasteiger partial charge on any atom is -0.486 e. The lowest BCUT2D eigenvalue weighted by molar-refractivity contribution is -0.212. The number of fused-ring (bicyclic) bond motifs is 2. The van der Waals surface area contributed by atoms with Gasteiger partial charge in [-0.15, -0.1) is 0 Å². The van der Waals surface area contributed by atoms with Crippen LogP contribution in [0.4, 0.5) is 4.39 Å². The monoisotopic (exact) mass is 471 g/mol. The van der Waals surface area contributed by atoms with Crippen LogP contribution in [0.5, 0.6) is 17.4 Å². The van der Waals surface area contributed by atoms with E-state index in [1.54, 1.807) is 18.3 Å². The normalized spacial score (nSPS) is 20.8. The van der Waals surface area contributed by atoms with Crippen molar-refractivity contribution in [1.82, 2.24) is 15.0 Å². The Bertz CT molecular complexity index is 1160. The van der Waals surface area contributed by atoms with Crippen molar-refractivity contribution < 1.29 is 33.2 Å². The Kier molecular flexibility index (Phi) is 6.70. The van der Waals surface area contributed by atoms with Crippen LogP contribution in [0.1, 0.15) is 30.2 Å². The third-order valence-electron chi connectivity index (χ3n) is 5.97. The Morgan fingerprint density at radius 1 is 1.12 bits per heavy atom. The molecule has 5 heterocycles. The number of methoxy groups -OCH3 is 1. The van der Waals surface area contributed by atoms with Crippen molar-refractivity contribution in [2.45, 2.75) is 31.7 Å². The molecule has 0 bridgehead atoms. The Balaban J connectivity index is 1.16. The first-order valence-corrected chi connectivity index (χ1v) is 11.3. The molecule has 0 saturated carbocycles. The van der Waals surface area contributed by atoms with E-state index in [1.807, 2.05) is 6.07 Å². The van der Waals surface area contributed by atoms with Gasteiger partial charge in [0.25, 0.3) is 0 Å². The van der Waals surface area contributed by atoms with Gasteiger partial charge in [0, 0.05) is 35.7 Å². The van der Waals surface area contributed by atoms with Crippen LogP contribution in [0.2, 0.25) is 0 Å². The summed E-state index contributed by atoms with van der Waals surface area (Å²) in [4.78, 5) is 12.7. The second-order valence-electron chi connectivity index (χ2n) is 8.31. The number of pyridine rings is 3. The van der Waals surface area contributed by atoms with E-state index in [0.717, 1.165) is 30.5 Å². The van der Waals surface area contributed by atoms with Crippen molar-refractivity contribution in [1.29, 1.82) is 0 Å². The highest BCUT2D eigenvalue weighted by molar-refractivity contribution is 5.78. The van der Waals surface area contributed by atoms with Gasteiger partial charge in [-0.1, -0.05) is 0 Å². The summed E-state index contributed by atoms with van der Waals surface area (Å²) in [7, 11) is 1.47. The molecule has 5 rings (SSSR count). The van der Waals surface area contributed by atoms with Gasteiger partial charge in [0.2, 0.25) is 5.88 Å². The van der Waals surface area contributed by atoms with Crippen LogP contribution >= 0.6 is 0 Å². The molecule has 0 aliphatic carbocycles. The molecule has 2 aliphatic rings.